The molecule has 2 heterocycles. The van der Waals surface area contributed by atoms with Gasteiger partial charge in [0.05, 0.1) is 12.8 Å². The Bertz CT molecular complexity index is 815. The topological polar surface area (TPSA) is 36.0 Å². The summed E-state index contributed by atoms with van der Waals surface area (Å²) in [5, 5.41) is 0. The molecule has 0 spiro atoms. The van der Waals surface area contributed by atoms with Gasteiger partial charge in [0.2, 0.25) is 5.91 Å². The molecule has 148 valence electrons. The molecule has 4 rings (SSSR count). The number of amides is 1. The molecule has 2 aliphatic heterocycles. The zero-order chi connectivity index (χ0) is 19.3. The van der Waals surface area contributed by atoms with Gasteiger partial charge in [-0.15, -0.1) is 0 Å². The number of carbonyl (C=O) groups excluding carboxylic acids is 1. The number of carbonyl (C=O) groups is 1. The van der Waals surface area contributed by atoms with Gasteiger partial charge in [-0.05, 0) is 29.7 Å². The molecule has 2 aliphatic rings. The largest absolute Gasteiger partial charge is 0.495 e. The first-order chi connectivity index (χ1) is 13.7. The molecule has 0 aromatic heterocycles. The van der Waals surface area contributed by atoms with Gasteiger partial charge in [-0.25, -0.2) is 0 Å². The molecule has 1 saturated heterocycles. The lowest BCUT2D eigenvalue weighted by Crippen LogP contribution is -2.47. The van der Waals surface area contributed by atoms with E-state index in [4.69, 9.17) is 4.74 Å². The summed E-state index contributed by atoms with van der Waals surface area (Å²) in [7, 11) is 1.72. The van der Waals surface area contributed by atoms with Crippen molar-refractivity contribution in [2.24, 2.45) is 0 Å². The van der Waals surface area contributed by atoms with Gasteiger partial charge in [-0.1, -0.05) is 36.4 Å². The van der Waals surface area contributed by atoms with Crippen LogP contribution >= 0.6 is 0 Å². The highest BCUT2D eigenvalue weighted by Gasteiger charge is 2.23. The van der Waals surface area contributed by atoms with Crippen LogP contribution in [0.3, 0.4) is 0 Å². The predicted molar refractivity (Wildman–Crippen MR) is 112 cm³/mol. The van der Waals surface area contributed by atoms with Crippen molar-refractivity contribution in [3.63, 3.8) is 0 Å². The monoisotopic (exact) mass is 379 g/mol. The zero-order valence-electron chi connectivity index (χ0n) is 16.6. The fourth-order valence-electron chi connectivity index (χ4n) is 4.22. The maximum atomic E-state index is 12.7. The Hall–Kier alpha value is -2.53. The standard InChI is InChI=1S/C23H29N3O2/c1-28-22-9-5-4-8-21(22)25-16-14-24(15-17-25)12-11-23(27)26-13-10-19-6-2-3-7-20(19)18-26/h2-9H,10-18H2,1H3. The van der Waals surface area contributed by atoms with Crippen molar-refractivity contribution in [3.05, 3.63) is 59.7 Å². The summed E-state index contributed by atoms with van der Waals surface area (Å²) in [6, 6.07) is 16.7. The van der Waals surface area contributed by atoms with Crippen LogP contribution in [0.1, 0.15) is 17.5 Å². The maximum Gasteiger partial charge on any atom is 0.224 e. The summed E-state index contributed by atoms with van der Waals surface area (Å²) in [5.41, 5.74) is 3.85. The van der Waals surface area contributed by atoms with Crippen molar-refractivity contribution in [3.8, 4) is 5.75 Å². The number of nitrogens with zero attached hydrogens (tertiary/aromatic N) is 3. The normalized spacial score (nSPS) is 17.3. The minimum Gasteiger partial charge on any atom is -0.495 e. The molecule has 0 unspecified atom stereocenters. The molecule has 0 atom stereocenters. The molecule has 5 heteroatoms. The highest BCUT2D eigenvalue weighted by molar-refractivity contribution is 5.76. The van der Waals surface area contributed by atoms with Gasteiger partial charge in [0, 0.05) is 52.2 Å². The van der Waals surface area contributed by atoms with Crippen LogP contribution < -0.4 is 9.64 Å². The highest BCUT2D eigenvalue weighted by Crippen LogP contribution is 2.28. The van der Waals surface area contributed by atoms with Crippen LogP contribution in [-0.4, -0.2) is 62.1 Å². The molecule has 1 fully saturated rings. The van der Waals surface area contributed by atoms with Crippen LogP contribution in [0.2, 0.25) is 0 Å². The van der Waals surface area contributed by atoms with Crippen molar-refractivity contribution >= 4 is 11.6 Å². The average Bonchev–Trinajstić information content (AvgIpc) is 2.77. The minimum atomic E-state index is 0.279. The molecule has 5 nitrogen and oxygen atoms in total. The van der Waals surface area contributed by atoms with E-state index in [0.29, 0.717) is 6.42 Å². The van der Waals surface area contributed by atoms with Crippen LogP contribution in [0.5, 0.6) is 5.75 Å². The maximum absolute atomic E-state index is 12.7. The Morgan fingerprint density at radius 1 is 0.929 bits per heavy atom. The molecular weight excluding hydrogens is 350 g/mol. The first kappa shape index (κ1) is 18.8. The van der Waals surface area contributed by atoms with E-state index in [1.165, 1.54) is 11.1 Å². The molecule has 0 bridgehead atoms. The molecule has 2 aromatic carbocycles. The number of benzene rings is 2. The van der Waals surface area contributed by atoms with Crippen molar-refractivity contribution < 1.29 is 9.53 Å². The Kier molecular flexibility index (Phi) is 5.81. The number of ether oxygens (including phenoxy) is 1. The summed E-state index contributed by atoms with van der Waals surface area (Å²) in [6.45, 7) is 6.34. The lowest BCUT2D eigenvalue weighted by atomic mass is 10.00. The highest BCUT2D eigenvalue weighted by atomic mass is 16.5. The predicted octanol–water partition coefficient (Wildman–Crippen LogP) is 2.79. The fraction of sp³-hybridized carbons (Fsp3) is 0.435. The third kappa shape index (κ3) is 4.14. The number of hydrogen-bond donors (Lipinski definition) is 0. The summed E-state index contributed by atoms with van der Waals surface area (Å²) in [5.74, 6) is 1.21. The quantitative estimate of drug-likeness (QED) is 0.800. The number of para-hydroxylation sites is 2. The Labute approximate surface area is 167 Å². The van der Waals surface area contributed by atoms with Gasteiger partial charge in [-0.3, -0.25) is 9.69 Å². The van der Waals surface area contributed by atoms with E-state index >= 15 is 0 Å². The van der Waals surface area contributed by atoms with Crippen LogP contribution in [0, 0.1) is 0 Å². The smallest absolute Gasteiger partial charge is 0.224 e. The Balaban J connectivity index is 1.25. The minimum absolute atomic E-state index is 0.279. The number of piperazine rings is 1. The first-order valence-electron chi connectivity index (χ1n) is 10.2. The average molecular weight is 380 g/mol. The lowest BCUT2D eigenvalue weighted by Gasteiger charge is -2.37. The number of fused-ring (bicyclic) bond motifs is 1. The van der Waals surface area contributed by atoms with E-state index in [2.05, 4.69) is 46.2 Å². The molecule has 0 aliphatic carbocycles. The second kappa shape index (κ2) is 8.65. The summed E-state index contributed by atoms with van der Waals surface area (Å²) >= 11 is 0. The van der Waals surface area contributed by atoms with Gasteiger partial charge in [-0.2, -0.15) is 0 Å². The van der Waals surface area contributed by atoms with Crippen molar-refractivity contribution in [2.75, 3.05) is 51.3 Å². The van der Waals surface area contributed by atoms with E-state index in [0.717, 1.165) is 63.7 Å². The molecule has 28 heavy (non-hydrogen) atoms. The fourth-order valence-corrected chi connectivity index (χ4v) is 4.22. The van der Waals surface area contributed by atoms with Gasteiger partial charge in [0.15, 0.2) is 0 Å². The molecule has 1 amide bonds. The van der Waals surface area contributed by atoms with Crippen molar-refractivity contribution in [1.82, 2.24) is 9.80 Å². The summed E-state index contributed by atoms with van der Waals surface area (Å²) < 4.78 is 5.49. The second-order valence-electron chi connectivity index (χ2n) is 7.58. The van der Waals surface area contributed by atoms with Gasteiger partial charge >= 0.3 is 0 Å². The van der Waals surface area contributed by atoms with Crippen LogP contribution in [-0.2, 0) is 17.8 Å². The van der Waals surface area contributed by atoms with Gasteiger partial charge < -0.3 is 14.5 Å². The number of hydrogen-bond acceptors (Lipinski definition) is 4. The third-order valence-electron chi connectivity index (χ3n) is 5.92. The van der Waals surface area contributed by atoms with E-state index in [9.17, 15) is 4.79 Å². The van der Waals surface area contributed by atoms with Crippen molar-refractivity contribution in [1.29, 1.82) is 0 Å². The van der Waals surface area contributed by atoms with Crippen LogP contribution in [0.25, 0.3) is 0 Å². The molecule has 0 N–H and O–H groups in total. The number of rotatable bonds is 5. The van der Waals surface area contributed by atoms with Gasteiger partial charge in [0.25, 0.3) is 0 Å². The Morgan fingerprint density at radius 2 is 1.64 bits per heavy atom. The third-order valence-corrected chi connectivity index (χ3v) is 5.92. The van der Waals surface area contributed by atoms with E-state index in [1.54, 1.807) is 7.11 Å². The number of methoxy groups -OCH3 is 1. The molecular formula is C23H29N3O2. The number of anilines is 1. The van der Waals surface area contributed by atoms with E-state index in [1.807, 2.05) is 17.0 Å². The lowest BCUT2D eigenvalue weighted by molar-refractivity contribution is -0.132. The zero-order valence-corrected chi connectivity index (χ0v) is 16.6. The summed E-state index contributed by atoms with van der Waals surface area (Å²) in [6.07, 6.45) is 1.58. The van der Waals surface area contributed by atoms with E-state index in [-0.39, 0.29) is 5.91 Å². The SMILES string of the molecule is COc1ccccc1N1CCN(CCC(=O)N2CCc3ccccc3C2)CC1. The first-order valence-corrected chi connectivity index (χ1v) is 10.2. The van der Waals surface area contributed by atoms with Crippen LogP contribution in [0.15, 0.2) is 48.5 Å². The molecule has 0 radical (unpaired) electrons. The second-order valence-corrected chi connectivity index (χ2v) is 7.58. The van der Waals surface area contributed by atoms with E-state index < -0.39 is 0 Å². The molecule has 0 saturated carbocycles. The Morgan fingerprint density at radius 3 is 2.43 bits per heavy atom. The van der Waals surface area contributed by atoms with Crippen molar-refractivity contribution in [2.45, 2.75) is 19.4 Å². The van der Waals surface area contributed by atoms with Crippen LogP contribution in [0.4, 0.5) is 5.69 Å². The van der Waals surface area contributed by atoms with Gasteiger partial charge in [0.1, 0.15) is 5.75 Å². The summed E-state index contributed by atoms with van der Waals surface area (Å²) in [4.78, 5) is 19.5. The molecule has 2 aromatic rings.